The summed E-state index contributed by atoms with van der Waals surface area (Å²) >= 11 is 0. The second-order valence-electron chi connectivity index (χ2n) is 8.93. The Bertz CT molecular complexity index is 954. The largest absolute Gasteiger partial charge is 0.418 e. The van der Waals surface area contributed by atoms with Crippen molar-refractivity contribution in [3.63, 3.8) is 0 Å². The molecule has 1 amide bonds. The zero-order chi connectivity index (χ0) is 24.1. The molecule has 1 aliphatic heterocycles. The standard InChI is InChI=1S/C25H31F3N4O2/c26-25(27,28)22-16-19(8-11-23(22)29)30-18-6-9-21(10-7-18)34-17-24(33)32-14-12-31(13-15-32)20-4-2-1-3-5-20/h1-5,8,11,16,18,21,30H,6-7,9-10,12-15,17,29H2. The predicted molar refractivity (Wildman–Crippen MR) is 127 cm³/mol. The maximum Gasteiger partial charge on any atom is 0.418 e. The number of carbonyl (C=O) groups excluding carboxylic acids is 1. The number of benzene rings is 2. The number of alkyl halides is 3. The van der Waals surface area contributed by atoms with Gasteiger partial charge in [-0.1, -0.05) is 18.2 Å². The molecule has 9 heteroatoms. The van der Waals surface area contributed by atoms with E-state index in [0.717, 1.165) is 44.8 Å². The number of carbonyl (C=O) groups is 1. The Kier molecular flexibility index (Phi) is 7.50. The van der Waals surface area contributed by atoms with Crippen LogP contribution in [0, 0.1) is 0 Å². The van der Waals surface area contributed by atoms with Crippen LogP contribution in [0.4, 0.5) is 30.2 Å². The van der Waals surface area contributed by atoms with E-state index in [1.165, 1.54) is 11.8 Å². The second kappa shape index (κ2) is 10.5. The molecule has 0 bridgehead atoms. The number of hydrogen-bond acceptors (Lipinski definition) is 5. The zero-order valence-electron chi connectivity index (χ0n) is 19.1. The number of nitrogen functional groups attached to an aromatic ring is 1. The number of para-hydroxylation sites is 1. The molecule has 1 saturated carbocycles. The second-order valence-corrected chi connectivity index (χ2v) is 8.93. The quantitative estimate of drug-likeness (QED) is 0.606. The minimum Gasteiger partial charge on any atom is -0.398 e. The van der Waals surface area contributed by atoms with Gasteiger partial charge in [0.05, 0.1) is 11.7 Å². The lowest BCUT2D eigenvalue weighted by molar-refractivity contribution is -0.139. The number of piperazine rings is 1. The Morgan fingerprint density at radius 3 is 2.32 bits per heavy atom. The van der Waals surface area contributed by atoms with Crippen molar-refractivity contribution >= 4 is 23.0 Å². The molecular weight excluding hydrogens is 445 g/mol. The molecule has 0 aromatic heterocycles. The molecule has 6 nitrogen and oxygen atoms in total. The van der Waals surface area contributed by atoms with E-state index in [0.29, 0.717) is 18.8 Å². The van der Waals surface area contributed by atoms with E-state index in [2.05, 4.69) is 22.3 Å². The molecule has 2 aliphatic rings. The summed E-state index contributed by atoms with van der Waals surface area (Å²) in [6.45, 7) is 3.02. The van der Waals surface area contributed by atoms with Crippen molar-refractivity contribution < 1.29 is 22.7 Å². The Labute approximate surface area is 197 Å². The fraction of sp³-hybridized carbons (Fsp3) is 0.480. The number of hydrogen-bond donors (Lipinski definition) is 2. The third kappa shape index (κ3) is 6.14. The summed E-state index contributed by atoms with van der Waals surface area (Å²) in [4.78, 5) is 16.7. The van der Waals surface area contributed by atoms with Gasteiger partial charge in [0.1, 0.15) is 6.61 Å². The van der Waals surface area contributed by atoms with Crippen LogP contribution in [0.25, 0.3) is 0 Å². The molecular formula is C25H31F3N4O2. The molecule has 0 unspecified atom stereocenters. The molecule has 4 rings (SSSR count). The normalized spacial score (nSPS) is 21.4. The Balaban J connectivity index is 1.18. The highest BCUT2D eigenvalue weighted by Gasteiger charge is 2.33. The van der Waals surface area contributed by atoms with E-state index in [9.17, 15) is 18.0 Å². The van der Waals surface area contributed by atoms with Gasteiger partial charge in [0.25, 0.3) is 0 Å². The number of anilines is 3. The molecule has 0 radical (unpaired) electrons. The molecule has 3 N–H and O–H groups in total. The molecule has 1 heterocycles. The number of nitrogens with two attached hydrogens (primary N) is 1. The molecule has 2 aromatic carbocycles. The van der Waals surface area contributed by atoms with Crippen molar-refractivity contribution in [1.29, 1.82) is 0 Å². The van der Waals surface area contributed by atoms with E-state index in [1.54, 1.807) is 6.07 Å². The first-order chi connectivity index (χ1) is 16.3. The first-order valence-electron chi connectivity index (χ1n) is 11.7. The number of halogens is 3. The van der Waals surface area contributed by atoms with Gasteiger partial charge in [-0.05, 0) is 56.0 Å². The van der Waals surface area contributed by atoms with Crippen LogP contribution in [0.2, 0.25) is 0 Å². The SMILES string of the molecule is Nc1ccc(NC2CCC(OCC(=O)N3CCN(c4ccccc4)CC3)CC2)cc1C(F)(F)F. The lowest BCUT2D eigenvalue weighted by Crippen LogP contribution is -2.50. The first-order valence-corrected chi connectivity index (χ1v) is 11.7. The number of amides is 1. The van der Waals surface area contributed by atoms with Gasteiger partial charge in [-0.15, -0.1) is 0 Å². The van der Waals surface area contributed by atoms with Gasteiger partial charge < -0.3 is 25.6 Å². The van der Waals surface area contributed by atoms with Crippen LogP contribution in [-0.2, 0) is 15.7 Å². The molecule has 2 aromatic rings. The van der Waals surface area contributed by atoms with E-state index < -0.39 is 11.7 Å². The Morgan fingerprint density at radius 2 is 1.68 bits per heavy atom. The molecule has 1 aliphatic carbocycles. The molecule has 1 saturated heterocycles. The molecule has 2 fully saturated rings. The highest BCUT2D eigenvalue weighted by Crippen LogP contribution is 2.35. The van der Waals surface area contributed by atoms with Gasteiger partial charge in [-0.3, -0.25) is 4.79 Å². The van der Waals surface area contributed by atoms with E-state index in [4.69, 9.17) is 10.5 Å². The highest BCUT2D eigenvalue weighted by atomic mass is 19.4. The van der Waals surface area contributed by atoms with Crippen LogP contribution in [0.1, 0.15) is 31.2 Å². The van der Waals surface area contributed by atoms with Crippen LogP contribution in [0.3, 0.4) is 0 Å². The summed E-state index contributed by atoms with van der Waals surface area (Å²) in [7, 11) is 0. The molecule has 184 valence electrons. The van der Waals surface area contributed by atoms with Gasteiger partial charge >= 0.3 is 6.18 Å². The summed E-state index contributed by atoms with van der Waals surface area (Å²) in [6.07, 6.45) is -1.44. The molecule has 34 heavy (non-hydrogen) atoms. The summed E-state index contributed by atoms with van der Waals surface area (Å²) in [5, 5.41) is 3.18. The number of ether oxygens (including phenoxy) is 1. The Morgan fingerprint density at radius 1 is 1.00 bits per heavy atom. The topological polar surface area (TPSA) is 70.8 Å². The van der Waals surface area contributed by atoms with Crippen molar-refractivity contribution in [2.75, 3.05) is 48.7 Å². The highest BCUT2D eigenvalue weighted by molar-refractivity contribution is 5.77. The summed E-state index contributed by atoms with van der Waals surface area (Å²) in [5.41, 5.74) is 5.96. The third-order valence-electron chi connectivity index (χ3n) is 6.60. The number of rotatable bonds is 6. The summed E-state index contributed by atoms with van der Waals surface area (Å²) in [6, 6.07) is 14.2. The van der Waals surface area contributed by atoms with Crippen molar-refractivity contribution in [1.82, 2.24) is 4.90 Å². The van der Waals surface area contributed by atoms with Gasteiger partial charge in [0, 0.05) is 49.3 Å². The molecule has 0 spiro atoms. The fourth-order valence-electron chi connectivity index (χ4n) is 4.63. The maximum atomic E-state index is 13.1. The van der Waals surface area contributed by atoms with E-state index in [-0.39, 0.29) is 30.3 Å². The van der Waals surface area contributed by atoms with Crippen molar-refractivity contribution in [3.8, 4) is 0 Å². The monoisotopic (exact) mass is 476 g/mol. The van der Waals surface area contributed by atoms with Crippen LogP contribution in [-0.4, -0.2) is 55.7 Å². The predicted octanol–water partition coefficient (Wildman–Crippen LogP) is 4.38. The maximum absolute atomic E-state index is 13.1. The van der Waals surface area contributed by atoms with Crippen molar-refractivity contribution in [2.45, 2.75) is 44.0 Å². The van der Waals surface area contributed by atoms with Gasteiger partial charge in [-0.2, -0.15) is 13.2 Å². The van der Waals surface area contributed by atoms with Crippen LogP contribution >= 0.6 is 0 Å². The van der Waals surface area contributed by atoms with Gasteiger partial charge in [0.15, 0.2) is 0 Å². The number of nitrogens with one attached hydrogen (secondary N) is 1. The average Bonchev–Trinajstić information content (AvgIpc) is 2.84. The average molecular weight is 477 g/mol. The fourth-order valence-corrected chi connectivity index (χ4v) is 4.63. The lowest BCUT2D eigenvalue weighted by atomic mass is 9.92. The first kappa shape index (κ1) is 24.2. The van der Waals surface area contributed by atoms with E-state index >= 15 is 0 Å². The molecule has 0 atom stereocenters. The summed E-state index contributed by atoms with van der Waals surface area (Å²) in [5.74, 6) is 0.00881. The zero-order valence-corrected chi connectivity index (χ0v) is 19.1. The van der Waals surface area contributed by atoms with Crippen LogP contribution in [0.5, 0.6) is 0 Å². The van der Waals surface area contributed by atoms with E-state index in [1.807, 2.05) is 23.1 Å². The van der Waals surface area contributed by atoms with Crippen molar-refractivity contribution in [3.05, 3.63) is 54.1 Å². The third-order valence-corrected chi connectivity index (χ3v) is 6.60. The van der Waals surface area contributed by atoms with Gasteiger partial charge in [-0.25, -0.2) is 0 Å². The number of nitrogens with zero attached hydrogens (tertiary/aromatic N) is 2. The minimum atomic E-state index is -4.48. The Hall–Kier alpha value is -2.94. The van der Waals surface area contributed by atoms with Crippen LogP contribution < -0.4 is 16.0 Å². The smallest absolute Gasteiger partial charge is 0.398 e. The van der Waals surface area contributed by atoms with Crippen LogP contribution in [0.15, 0.2) is 48.5 Å². The lowest BCUT2D eigenvalue weighted by Gasteiger charge is -2.36. The van der Waals surface area contributed by atoms with Gasteiger partial charge in [0.2, 0.25) is 5.91 Å². The van der Waals surface area contributed by atoms with Crippen molar-refractivity contribution in [2.24, 2.45) is 0 Å². The summed E-state index contributed by atoms with van der Waals surface area (Å²) < 4.78 is 45.1. The minimum absolute atomic E-state index is 0.00881.